The Balaban J connectivity index is 1.35. The van der Waals surface area contributed by atoms with Crippen molar-refractivity contribution in [2.24, 2.45) is 11.8 Å². The third-order valence-corrected chi connectivity index (χ3v) is 12.8. The zero-order valence-corrected chi connectivity index (χ0v) is 25.3. The van der Waals surface area contributed by atoms with Crippen LogP contribution in [-0.4, -0.2) is 46.1 Å². The Morgan fingerprint density at radius 3 is 1.13 bits per heavy atom. The highest BCUT2D eigenvalue weighted by molar-refractivity contribution is 5.01. The van der Waals surface area contributed by atoms with E-state index in [0.717, 1.165) is 48.1 Å². The first kappa shape index (κ1) is 28.1. The minimum absolute atomic E-state index is 0.889. The van der Waals surface area contributed by atoms with Gasteiger partial charge in [-0.05, 0) is 88.9 Å². The van der Waals surface area contributed by atoms with Gasteiger partial charge in [-0.2, -0.15) is 0 Å². The molecule has 6 unspecified atom stereocenters. The first-order valence-electron chi connectivity index (χ1n) is 18.4. The molecule has 0 spiro atoms. The van der Waals surface area contributed by atoms with Gasteiger partial charge in [0.2, 0.25) is 0 Å². The van der Waals surface area contributed by atoms with E-state index in [0.29, 0.717) is 0 Å². The van der Waals surface area contributed by atoms with Crippen molar-refractivity contribution in [3.8, 4) is 0 Å². The highest BCUT2D eigenvalue weighted by Gasteiger charge is 2.46. The molecule has 5 saturated carbocycles. The van der Waals surface area contributed by atoms with Crippen LogP contribution in [0.5, 0.6) is 0 Å². The molecule has 2 bridgehead atoms. The molecule has 2 nitrogen and oxygen atoms in total. The zero-order valence-electron chi connectivity index (χ0n) is 25.3. The van der Waals surface area contributed by atoms with Gasteiger partial charge in [0, 0.05) is 36.3 Å². The fourth-order valence-electron chi connectivity index (χ4n) is 11.1. The van der Waals surface area contributed by atoms with Gasteiger partial charge in [-0.1, -0.05) is 103 Å². The van der Waals surface area contributed by atoms with Crippen LogP contribution in [0.15, 0.2) is 0 Å². The molecule has 2 heteroatoms. The summed E-state index contributed by atoms with van der Waals surface area (Å²) in [7, 11) is 0. The highest BCUT2D eigenvalue weighted by Crippen LogP contribution is 2.46. The number of fused-ring (bicyclic) bond motifs is 4. The molecule has 6 fully saturated rings. The van der Waals surface area contributed by atoms with E-state index in [-0.39, 0.29) is 0 Å². The van der Waals surface area contributed by atoms with Gasteiger partial charge < -0.3 is 0 Å². The summed E-state index contributed by atoms with van der Waals surface area (Å²) in [6, 6.07) is 5.43. The van der Waals surface area contributed by atoms with E-state index in [2.05, 4.69) is 9.80 Å². The smallest absolute Gasteiger partial charge is 0.0129 e. The van der Waals surface area contributed by atoms with Crippen LogP contribution in [0.2, 0.25) is 0 Å². The van der Waals surface area contributed by atoms with E-state index in [1.54, 1.807) is 19.3 Å². The van der Waals surface area contributed by atoms with Crippen LogP contribution in [0.3, 0.4) is 0 Å². The maximum Gasteiger partial charge on any atom is 0.0129 e. The lowest BCUT2D eigenvalue weighted by Crippen LogP contribution is -2.60. The van der Waals surface area contributed by atoms with E-state index in [1.165, 1.54) is 161 Å². The van der Waals surface area contributed by atoms with Gasteiger partial charge in [-0.15, -0.1) is 0 Å². The molecule has 5 aliphatic carbocycles. The lowest BCUT2D eigenvalue weighted by Gasteiger charge is -2.56. The fourth-order valence-corrected chi connectivity index (χ4v) is 11.1. The van der Waals surface area contributed by atoms with Crippen LogP contribution in [0.4, 0.5) is 0 Å². The molecule has 38 heavy (non-hydrogen) atoms. The van der Waals surface area contributed by atoms with Gasteiger partial charge in [-0.25, -0.2) is 0 Å². The van der Waals surface area contributed by atoms with Crippen molar-refractivity contribution in [3.05, 3.63) is 0 Å². The summed E-state index contributed by atoms with van der Waals surface area (Å²) in [6.07, 6.45) is 42.5. The second-order valence-corrected chi connectivity index (χ2v) is 15.2. The molecule has 6 rings (SSSR count). The molecule has 0 amide bonds. The van der Waals surface area contributed by atoms with E-state index in [1.807, 2.05) is 0 Å². The average molecular weight is 525 g/mol. The lowest BCUT2D eigenvalue weighted by atomic mass is 9.71. The van der Waals surface area contributed by atoms with Crippen molar-refractivity contribution in [2.75, 3.05) is 0 Å². The number of hydrogen-bond acceptors (Lipinski definition) is 2. The molecule has 0 N–H and O–H groups in total. The summed E-state index contributed by atoms with van der Waals surface area (Å²) in [5.74, 6) is 1.99. The Kier molecular flexibility index (Phi) is 10.5. The molecular weight excluding hydrogens is 460 g/mol. The van der Waals surface area contributed by atoms with Crippen molar-refractivity contribution in [2.45, 2.75) is 216 Å². The van der Waals surface area contributed by atoms with E-state index >= 15 is 0 Å². The van der Waals surface area contributed by atoms with Crippen molar-refractivity contribution in [3.63, 3.8) is 0 Å². The van der Waals surface area contributed by atoms with Gasteiger partial charge in [0.15, 0.2) is 0 Å². The normalized spacial score (nSPS) is 40.4. The molecule has 1 heterocycles. The fraction of sp³-hybridized carbons (Fsp3) is 1.00. The van der Waals surface area contributed by atoms with Gasteiger partial charge in [0.1, 0.15) is 0 Å². The van der Waals surface area contributed by atoms with Crippen LogP contribution in [-0.2, 0) is 0 Å². The minimum atomic E-state index is 0.889. The van der Waals surface area contributed by atoms with Gasteiger partial charge in [-0.3, -0.25) is 9.80 Å². The van der Waals surface area contributed by atoms with E-state index in [4.69, 9.17) is 0 Å². The maximum absolute atomic E-state index is 3.35. The minimum Gasteiger partial charge on any atom is -0.294 e. The van der Waals surface area contributed by atoms with Crippen molar-refractivity contribution >= 4 is 0 Å². The molecule has 1 aliphatic heterocycles. The summed E-state index contributed by atoms with van der Waals surface area (Å²) in [5, 5.41) is 0. The number of rotatable bonds is 2. The Morgan fingerprint density at radius 1 is 0.263 bits per heavy atom. The molecule has 0 aromatic carbocycles. The largest absolute Gasteiger partial charge is 0.294 e. The summed E-state index contributed by atoms with van der Waals surface area (Å²) in [4.78, 5) is 6.70. The highest BCUT2D eigenvalue weighted by atomic mass is 15.3. The Bertz CT molecular complexity index is 675. The lowest BCUT2D eigenvalue weighted by molar-refractivity contribution is -0.0629. The summed E-state index contributed by atoms with van der Waals surface area (Å²) in [6.45, 7) is 0. The standard InChI is InChI=1S/C36H64N2/c1-3-9-19-31(20-10-4-1)37-33-23-16-24-34(28-33)38(32-21-11-5-2-6-12-22-32)36-26-15-14-18-30(36)27-29-17-8-7-13-25-35(29)37/h29-36H,1-28H2. The number of hydrogen-bond donors (Lipinski definition) is 0. The predicted octanol–water partition coefficient (Wildman–Crippen LogP) is 10.0. The van der Waals surface area contributed by atoms with Crippen molar-refractivity contribution < 1.29 is 0 Å². The molecule has 0 aromatic heterocycles. The Morgan fingerprint density at radius 2 is 0.605 bits per heavy atom. The maximum atomic E-state index is 3.35. The topological polar surface area (TPSA) is 6.48 Å². The second-order valence-electron chi connectivity index (χ2n) is 15.2. The van der Waals surface area contributed by atoms with Crippen LogP contribution in [0.1, 0.15) is 180 Å². The summed E-state index contributed by atoms with van der Waals surface area (Å²) in [5.41, 5.74) is 0. The van der Waals surface area contributed by atoms with Crippen LogP contribution in [0, 0.1) is 11.8 Å². The van der Waals surface area contributed by atoms with Gasteiger partial charge >= 0.3 is 0 Å². The zero-order chi connectivity index (χ0) is 25.6. The molecule has 218 valence electrons. The molecule has 1 saturated heterocycles. The van der Waals surface area contributed by atoms with Crippen molar-refractivity contribution in [1.29, 1.82) is 0 Å². The average Bonchev–Trinajstić information content (AvgIpc) is 3.13. The van der Waals surface area contributed by atoms with E-state index in [9.17, 15) is 0 Å². The molecule has 0 aromatic rings. The summed E-state index contributed by atoms with van der Waals surface area (Å²) >= 11 is 0. The molecule has 0 radical (unpaired) electrons. The molecular formula is C36H64N2. The quantitative estimate of drug-likeness (QED) is 0.354. The monoisotopic (exact) mass is 525 g/mol. The first-order valence-corrected chi connectivity index (χ1v) is 18.4. The predicted molar refractivity (Wildman–Crippen MR) is 163 cm³/mol. The second kappa shape index (κ2) is 14.2. The SMILES string of the molecule is C1CCCC(N2C3CCCC(C3)N(C3CCCCCCC3)C3CCCCC3CC3CCCCCC32)CCC1. The molecule has 6 atom stereocenters. The Hall–Kier alpha value is -0.0800. The first-order chi connectivity index (χ1) is 18.9. The van der Waals surface area contributed by atoms with Crippen LogP contribution in [0.25, 0.3) is 0 Å². The van der Waals surface area contributed by atoms with Gasteiger partial charge in [0.25, 0.3) is 0 Å². The third-order valence-electron chi connectivity index (χ3n) is 12.8. The van der Waals surface area contributed by atoms with Gasteiger partial charge in [0.05, 0.1) is 0 Å². The third kappa shape index (κ3) is 6.69. The number of nitrogens with zero attached hydrogens (tertiary/aromatic N) is 2. The molecule has 6 aliphatic rings. The van der Waals surface area contributed by atoms with Crippen LogP contribution < -0.4 is 0 Å². The Labute approximate surface area is 237 Å². The summed E-state index contributed by atoms with van der Waals surface area (Å²) < 4.78 is 0. The van der Waals surface area contributed by atoms with Crippen LogP contribution >= 0.6 is 0 Å². The van der Waals surface area contributed by atoms with Crippen molar-refractivity contribution in [1.82, 2.24) is 9.80 Å². The van der Waals surface area contributed by atoms with E-state index < -0.39 is 0 Å².